The number of anilines is 1. The summed E-state index contributed by atoms with van der Waals surface area (Å²) in [6.45, 7) is 10.2. The van der Waals surface area contributed by atoms with Crippen LogP contribution in [0.5, 0.6) is 0 Å². The lowest BCUT2D eigenvalue weighted by Gasteiger charge is -2.36. The monoisotopic (exact) mass is 412 g/mol. The van der Waals surface area contributed by atoms with E-state index in [4.69, 9.17) is 9.97 Å². The van der Waals surface area contributed by atoms with Crippen molar-refractivity contribution in [2.24, 2.45) is 11.8 Å². The Labute approximate surface area is 177 Å². The van der Waals surface area contributed by atoms with Crippen LogP contribution in [0.15, 0.2) is 0 Å². The fraction of sp³-hybridized carbons (Fsp3) is 0.696. The van der Waals surface area contributed by atoms with E-state index in [9.17, 15) is 4.79 Å². The molecule has 2 atom stereocenters. The Kier molecular flexibility index (Phi) is 5.01. The van der Waals surface area contributed by atoms with Crippen LogP contribution >= 0.6 is 11.3 Å². The fourth-order valence-corrected chi connectivity index (χ4v) is 6.08. The van der Waals surface area contributed by atoms with Crippen LogP contribution in [0.3, 0.4) is 0 Å². The number of carbonyl (C=O) groups excluding carboxylic acids is 1. The number of hydrogen-bond acceptors (Lipinski definition) is 5. The van der Waals surface area contributed by atoms with Crippen molar-refractivity contribution in [3.05, 3.63) is 16.3 Å². The van der Waals surface area contributed by atoms with E-state index in [-0.39, 0.29) is 0 Å². The van der Waals surface area contributed by atoms with Crippen molar-refractivity contribution in [1.29, 1.82) is 0 Å². The summed E-state index contributed by atoms with van der Waals surface area (Å²) in [5.41, 5.74) is 1.50. The highest BCUT2D eigenvalue weighted by atomic mass is 32.1. The average Bonchev–Trinajstić information content (AvgIpc) is 3.52. The normalized spacial score (nSPS) is 23.3. The Morgan fingerprint density at radius 3 is 2.62 bits per heavy atom. The summed E-state index contributed by atoms with van der Waals surface area (Å²) in [6.07, 6.45) is 6.81. The van der Waals surface area contributed by atoms with Gasteiger partial charge in [0.1, 0.15) is 16.5 Å². The van der Waals surface area contributed by atoms with Gasteiger partial charge in [-0.1, -0.05) is 20.8 Å². The van der Waals surface area contributed by atoms with Crippen molar-refractivity contribution < 1.29 is 4.79 Å². The molecule has 29 heavy (non-hydrogen) atoms. The predicted octanol–water partition coefficient (Wildman–Crippen LogP) is 4.39. The summed E-state index contributed by atoms with van der Waals surface area (Å²) in [5.74, 6) is 3.94. The smallest absolute Gasteiger partial charge is 0.225 e. The number of fused-ring (bicyclic) bond motifs is 3. The van der Waals surface area contributed by atoms with Gasteiger partial charge in [-0.15, -0.1) is 11.3 Å². The SMILES string of the molecule is CCC(C)c1nc(N2CCN(C(=O)C3CC3)CC2)c2c3c(sc2n1)CC(C)CC3. The molecule has 2 aliphatic carbocycles. The molecular formula is C23H32N4OS. The highest BCUT2D eigenvalue weighted by Gasteiger charge is 2.35. The number of hydrogen-bond donors (Lipinski definition) is 0. The second-order valence-electron chi connectivity index (χ2n) is 9.33. The minimum absolute atomic E-state index is 0.315. The molecule has 1 saturated heterocycles. The van der Waals surface area contributed by atoms with Gasteiger partial charge in [-0.05, 0) is 50.0 Å². The number of carbonyl (C=O) groups is 1. The van der Waals surface area contributed by atoms with E-state index in [1.165, 1.54) is 33.5 Å². The molecule has 1 amide bonds. The van der Waals surface area contributed by atoms with Gasteiger partial charge in [-0.2, -0.15) is 0 Å². The van der Waals surface area contributed by atoms with Crippen LogP contribution in [-0.4, -0.2) is 47.0 Å². The molecule has 2 aromatic rings. The first-order chi connectivity index (χ1) is 14.0. The second-order valence-corrected chi connectivity index (χ2v) is 10.4. The predicted molar refractivity (Wildman–Crippen MR) is 119 cm³/mol. The highest BCUT2D eigenvalue weighted by Crippen LogP contribution is 2.42. The number of rotatable bonds is 4. The molecular weight excluding hydrogens is 380 g/mol. The molecule has 2 aromatic heterocycles. The van der Waals surface area contributed by atoms with E-state index in [2.05, 4.69) is 30.6 Å². The lowest BCUT2D eigenvalue weighted by Crippen LogP contribution is -2.49. The Morgan fingerprint density at radius 1 is 1.17 bits per heavy atom. The third kappa shape index (κ3) is 3.54. The van der Waals surface area contributed by atoms with E-state index >= 15 is 0 Å². The van der Waals surface area contributed by atoms with Gasteiger partial charge in [0, 0.05) is 42.9 Å². The van der Waals surface area contributed by atoms with E-state index in [0.29, 0.717) is 17.7 Å². The molecule has 156 valence electrons. The van der Waals surface area contributed by atoms with Gasteiger partial charge in [-0.3, -0.25) is 4.79 Å². The fourth-order valence-electron chi connectivity index (χ4n) is 4.70. The first kappa shape index (κ1) is 19.3. The van der Waals surface area contributed by atoms with Gasteiger partial charge < -0.3 is 9.80 Å². The molecule has 1 saturated carbocycles. The topological polar surface area (TPSA) is 49.3 Å². The molecule has 0 spiro atoms. The summed E-state index contributed by atoms with van der Waals surface area (Å²) in [7, 11) is 0. The number of aryl methyl sites for hydroxylation is 1. The highest BCUT2D eigenvalue weighted by molar-refractivity contribution is 7.19. The number of nitrogens with zero attached hydrogens (tertiary/aromatic N) is 4. The molecule has 2 unspecified atom stereocenters. The molecule has 6 heteroatoms. The maximum absolute atomic E-state index is 12.5. The van der Waals surface area contributed by atoms with Crippen molar-refractivity contribution in [3.8, 4) is 0 Å². The van der Waals surface area contributed by atoms with Crippen LogP contribution in [-0.2, 0) is 17.6 Å². The van der Waals surface area contributed by atoms with E-state index in [1.807, 2.05) is 11.3 Å². The van der Waals surface area contributed by atoms with Crippen LogP contribution in [0.4, 0.5) is 5.82 Å². The third-order valence-corrected chi connectivity index (χ3v) is 8.17. The first-order valence-corrected chi connectivity index (χ1v) is 12.2. The Balaban J connectivity index is 1.50. The Morgan fingerprint density at radius 2 is 1.93 bits per heavy atom. The zero-order valence-corrected chi connectivity index (χ0v) is 18.7. The molecule has 1 aliphatic heterocycles. The van der Waals surface area contributed by atoms with Crippen molar-refractivity contribution in [2.45, 2.75) is 65.2 Å². The summed E-state index contributed by atoms with van der Waals surface area (Å²) in [4.78, 5) is 29.8. The minimum Gasteiger partial charge on any atom is -0.352 e. The maximum atomic E-state index is 12.5. The van der Waals surface area contributed by atoms with E-state index in [0.717, 1.165) is 69.4 Å². The second kappa shape index (κ2) is 7.53. The molecule has 5 nitrogen and oxygen atoms in total. The van der Waals surface area contributed by atoms with Gasteiger partial charge in [0.15, 0.2) is 0 Å². The molecule has 3 aliphatic rings. The van der Waals surface area contributed by atoms with Gasteiger partial charge >= 0.3 is 0 Å². The lowest BCUT2D eigenvalue weighted by atomic mass is 9.89. The van der Waals surface area contributed by atoms with Gasteiger partial charge in [-0.25, -0.2) is 9.97 Å². The quantitative estimate of drug-likeness (QED) is 0.747. The van der Waals surface area contributed by atoms with Crippen molar-refractivity contribution in [1.82, 2.24) is 14.9 Å². The van der Waals surface area contributed by atoms with Crippen LogP contribution < -0.4 is 4.90 Å². The Bertz CT molecular complexity index is 927. The summed E-state index contributed by atoms with van der Waals surface area (Å²) in [5, 5.41) is 1.31. The largest absolute Gasteiger partial charge is 0.352 e. The van der Waals surface area contributed by atoms with Crippen LogP contribution in [0.25, 0.3) is 10.2 Å². The minimum atomic E-state index is 0.315. The van der Waals surface area contributed by atoms with Crippen molar-refractivity contribution >= 4 is 33.3 Å². The summed E-state index contributed by atoms with van der Waals surface area (Å²) >= 11 is 1.90. The van der Waals surface area contributed by atoms with Gasteiger partial charge in [0.05, 0.1) is 5.39 Å². The molecule has 5 rings (SSSR count). The molecule has 3 heterocycles. The summed E-state index contributed by atoms with van der Waals surface area (Å²) < 4.78 is 0. The number of thiophene rings is 1. The summed E-state index contributed by atoms with van der Waals surface area (Å²) in [6, 6.07) is 0. The average molecular weight is 413 g/mol. The van der Waals surface area contributed by atoms with E-state index in [1.54, 1.807) is 0 Å². The molecule has 2 fully saturated rings. The van der Waals surface area contributed by atoms with Gasteiger partial charge in [0.25, 0.3) is 0 Å². The molecule has 0 N–H and O–H groups in total. The molecule has 0 aromatic carbocycles. The van der Waals surface area contributed by atoms with Crippen molar-refractivity contribution in [3.63, 3.8) is 0 Å². The van der Waals surface area contributed by atoms with Gasteiger partial charge in [0.2, 0.25) is 5.91 Å². The van der Waals surface area contributed by atoms with Crippen LogP contribution in [0.1, 0.15) is 68.6 Å². The standard InChI is InChI=1S/C23H32N4OS/c1-4-15(3)20-24-21(26-9-11-27(12-10-26)23(28)16-6-7-16)19-17-8-5-14(2)13-18(17)29-22(19)25-20/h14-16H,4-13H2,1-3H3. The third-order valence-electron chi connectivity index (χ3n) is 7.02. The lowest BCUT2D eigenvalue weighted by molar-refractivity contribution is -0.132. The molecule has 0 bridgehead atoms. The number of amides is 1. The zero-order chi connectivity index (χ0) is 20.1. The van der Waals surface area contributed by atoms with Crippen LogP contribution in [0, 0.1) is 11.8 Å². The number of piperazine rings is 1. The Hall–Kier alpha value is -1.69. The molecule has 0 radical (unpaired) electrons. The first-order valence-electron chi connectivity index (χ1n) is 11.4. The van der Waals surface area contributed by atoms with Crippen LogP contribution in [0.2, 0.25) is 0 Å². The zero-order valence-electron chi connectivity index (χ0n) is 17.9. The van der Waals surface area contributed by atoms with Crippen molar-refractivity contribution in [2.75, 3.05) is 31.1 Å². The number of aromatic nitrogens is 2. The van der Waals surface area contributed by atoms with E-state index < -0.39 is 0 Å². The maximum Gasteiger partial charge on any atom is 0.225 e.